The van der Waals surface area contributed by atoms with Crippen LogP contribution in [-0.2, 0) is 14.3 Å². The van der Waals surface area contributed by atoms with Crippen LogP contribution in [0.25, 0.3) is 0 Å². The molecule has 0 bridgehead atoms. The Balaban J connectivity index is 1.75. The predicted octanol–water partition coefficient (Wildman–Crippen LogP) is 4.30. The number of methoxy groups -OCH3 is 1. The van der Waals surface area contributed by atoms with Crippen molar-refractivity contribution in [1.29, 1.82) is 0 Å². The molecule has 0 radical (unpaired) electrons. The summed E-state index contributed by atoms with van der Waals surface area (Å²) in [7, 11) is 1.64. The molecule has 0 unspecified atom stereocenters. The number of carbonyl (C=O) groups is 2. The quantitative estimate of drug-likeness (QED) is 0.640. The molecule has 30 heavy (non-hydrogen) atoms. The second-order valence-electron chi connectivity index (χ2n) is 7.19. The SMILES string of the molecule is COCCCN1C(=O)[C@@H](CC(=O)Nc2ccccc2C)SC1=Nc1ccccc1C. The summed E-state index contributed by atoms with van der Waals surface area (Å²) in [5.74, 6) is -0.257. The third-order valence-electron chi connectivity index (χ3n) is 4.87. The maximum Gasteiger partial charge on any atom is 0.242 e. The van der Waals surface area contributed by atoms with Crippen LogP contribution in [0, 0.1) is 13.8 Å². The number of thioether (sulfide) groups is 1. The van der Waals surface area contributed by atoms with Crippen molar-refractivity contribution in [3.05, 3.63) is 59.7 Å². The first-order valence-corrected chi connectivity index (χ1v) is 10.8. The largest absolute Gasteiger partial charge is 0.385 e. The topological polar surface area (TPSA) is 71.0 Å². The molecule has 1 saturated heterocycles. The van der Waals surface area contributed by atoms with Crippen molar-refractivity contribution in [3.63, 3.8) is 0 Å². The van der Waals surface area contributed by atoms with Crippen LogP contribution in [0.15, 0.2) is 53.5 Å². The fraction of sp³-hybridized carbons (Fsp3) is 0.348. The van der Waals surface area contributed by atoms with Crippen molar-refractivity contribution < 1.29 is 14.3 Å². The summed E-state index contributed by atoms with van der Waals surface area (Å²) in [5.41, 5.74) is 3.62. The van der Waals surface area contributed by atoms with Crippen molar-refractivity contribution in [2.24, 2.45) is 4.99 Å². The second-order valence-corrected chi connectivity index (χ2v) is 8.36. The van der Waals surface area contributed by atoms with E-state index in [2.05, 4.69) is 5.32 Å². The van der Waals surface area contributed by atoms with E-state index in [1.165, 1.54) is 11.8 Å². The Hall–Kier alpha value is -2.64. The lowest BCUT2D eigenvalue weighted by Gasteiger charge is -2.16. The highest BCUT2D eigenvalue weighted by molar-refractivity contribution is 8.15. The van der Waals surface area contributed by atoms with E-state index in [0.717, 1.165) is 22.5 Å². The molecule has 2 aromatic carbocycles. The number of amidine groups is 1. The van der Waals surface area contributed by atoms with Gasteiger partial charge in [0.1, 0.15) is 5.25 Å². The first-order valence-electron chi connectivity index (χ1n) is 9.96. The van der Waals surface area contributed by atoms with Crippen LogP contribution in [0.1, 0.15) is 24.0 Å². The highest BCUT2D eigenvalue weighted by atomic mass is 32.2. The fourth-order valence-corrected chi connectivity index (χ4v) is 4.35. The van der Waals surface area contributed by atoms with Crippen molar-refractivity contribution >= 4 is 40.1 Å². The number of nitrogens with zero attached hydrogens (tertiary/aromatic N) is 2. The molecule has 1 heterocycles. The van der Waals surface area contributed by atoms with Gasteiger partial charge in [-0.05, 0) is 43.5 Å². The molecule has 1 fully saturated rings. The van der Waals surface area contributed by atoms with Gasteiger partial charge >= 0.3 is 0 Å². The number of para-hydroxylation sites is 2. The van der Waals surface area contributed by atoms with E-state index >= 15 is 0 Å². The molecule has 1 N–H and O–H groups in total. The van der Waals surface area contributed by atoms with E-state index in [1.54, 1.807) is 12.0 Å². The minimum absolute atomic E-state index is 0.0802. The van der Waals surface area contributed by atoms with E-state index < -0.39 is 5.25 Å². The van der Waals surface area contributed by atoms with E-state index in [-0.39, 0.29) is 18.2 Å². The fourth-order valence-electron chi connectivity index (χ4n) is 3.17. The zero-order valence-corrected chi connectivity index (χ0v) is 18.4. The number of aryl methyl sites for hydroxylation is 2. The first kappa shape index (κ1) is 22.1. The average Bonchev–Trinajstić information content (AvgIpc) is 3.00. The number of ether oxygens (including phenoxy) is 1. The molecule has 0 spiro atoms. The number of anilines is 1. The number of aliphatic imine (C=N–C) groups is 1. The minimum atomic E-state index is -0.487. The molecule has 7 heteroatoms. The van der Waals surface area contributed by atoms with Crippen LogP contribution in [-0.4, -0.2) is 47.4 Å². The second kappa shape index (κ2) is 10.4. The Kier molecular flexibility index (Phi) is 7.65. The maximum atomic E-state index is 13.0. The highest BCUT2D eigenvalue weighted by Gasteiger charge is 2.39. The van der Waals surface area contributed by atoms with Gasteiger partial charge in [-0.2, -0.15) is 0 Å². The average molecular weight is 426 g/mol. The van der Waals surface area contributed by atoms with Crippen molar-refractivity contribution in [1.82, 2.24) is 4.90 Å². The van der Waals surface area contributed by atoms with Crippen LogP contribution in [0.4, 0.5) is 11.4 Å². The van der Waals surface area contributed by atoms with Gasteiger partial charge in [-0.25, -0.2) is 4.99 Å². The normalized spacial score (nSPS) is 17.6. The van der Waals surface area contributed by atoms with Gasteiger partial charge in [0.2, 0.25) is 11.8 Å². The zero-order valence-electron chi connectivity index (χ0n) is 17.6. The van der Waals surface area contributed by atoms with E-state index in [4.69, 9.17) is 9.73 Å². The van der Waals surface area contributed by atoms with Crippen molar-refractivity contribution in [2.45, 2.75) is 31.9 Å². The van der Waals surface area contributed by atoms with Gasteiger partial charge in [0.25, 0.3) is 0 Å². The van der Waals surface area contributed by atoms with E-state index in [9.17, 15) is 9.59 Å². The standard InChI is InChI=1S/C23H27N3O3S/c1-16-9-4-6-11-18(16)24-21(27)15-20-22(28)26(13-8-14-29-3)23(30-20)25-19-12-7-5-10-17(19)2/h4-7,9-12,20H,8,13-15H2,1-3H3,(H,24,27)/t20-/m1/s1. The van der Waals surface area contributed by atoms with Crippen molar-refractivity contribution in [3.8, 4) is 0 Å². The lowest BCUT2D eigenvalue weighted by Crippen LogP contribution is -2.34. The summed E-state index contributed by atoms with van der Waals surface area (Å²) in [4.78, 5) is 32.1. The Labute approximate surface area is 181 Å². The van der Waals surface area contributed by atoms with Gasteiger partial charge in [-0.3, -0.25) is 14.5 Å². The third-order valence-corrected chi connectivity index (χ3v) is 6.05. The van der Waals surface area contributed by atoms with Crippen LogP contribution >= 0.6 is 11.8 Å². The minimum Gasteiger partial charge on any atom is -0.385 e. The first-order chi connectivity index (χ1) is 14.5. The zero-order chi connectivity index (χ0) is 21.5. The smallest absolute Gasteiger partial charge is 0.242 e. The molecule has 1 aliphatic heterocycles. The highest BCUT2D eigenvalue weighted by Crippen LogP contribution is 2.33. The molecule has 6 nitrogen and oxygen atoms in total. The number of nitrogens with one attached hydrogen (secondary N) is 1. The monoisotopic (exact) mass is 425 g/mol. The molecule has 1 atom stereocenters. The number of rotatable bonds is 8. The number of amides is 2. The van der Waals surface area contributed by atoms with Crippen LogP contribution in [0.3, 0.4) is 0 Å². The molecule has 2 amide bonds. The number of hydrogen-bond acceptors (Lipinski definition) is 5. The van der Waals surface area contributed by atoms with Crippen molar-refractivity contribution in [2.75, 3.05) is 25.6 Å². The van der Waals surface area contributed by atoms with E-state index in [0.29, 0.717) is 24.7 Å². The third kappa shape index (κ3) is 5.49. The lowest BCUT2D eigenvalue weighted by molar-refractivity contribution is -0.128. The molecule has 2 aromatic rings. The summed E-state index contributed by atoms with van der Waals surface area (Å²) in [6.07, 6.45) is 0.809. The summed E-state index contributed by atoms with van der Waals surface area (Å²) in [5, 5.41) is 3.07. The van der Waals surface area contributed by atoms with Gasteiger partial charge in [0.15, 0.2) is 5.17 Å². The Bertz CT molecular complexity index is 945. The van der Waals surface area contributed by atoms with Gasteiger partial charge in [-0.15, -0.1) is 0 Å². The number of carbonyl (C=O) groups excluding carboxylic acids is 2. The van der Waals surface area contributed by atoms with E-state index in [1.807, 2.05) is 62.4 Å². The van der Waals surface area contributed by atoms with Gasteiger partial charge in [0.05, 0.1) is 5.69 Å². The van der Waals surface area contributed by atoms with Crippen LogP contribution < -0.4 is 5.32 Å². The Morgan fingerprint density at radius 2 is 1.83 bits per heavy atom. The molecule has 0 saturated carbocycles. The van der Waals surface area contributed by atoms with Crippen LogP contribution in [0.5, 0.6) is 0 Å². The van der Waals surface area contributed by atoms with Gasteiger partial charge in [0, 0.05) is 32.4 Å². The number of benzene rings is 2. The Morgan fingerprint density at radius 1 is 1.13 bits per heavy atom. The molecular formula is C23H27N3O3S. The van der Waals surface area contributed by atoms with Gasteiger partial charge < -0.3 is 10.1 Å². The Morgan fingerprint density at radius 3 is 2.53 bits per heavy atom. The molecular weight excluding hydrogens is 398 g/mol. The number of hydrogen-bond donors (Lipinski definition) is 1. The van der Waals surface area contributed by atoms with Crippen LogP contribution in [0.2, 0.25) is 0 Å². The molecule has 158 valence electrons. The summed E-state index contributed by atoms with van der Waals surface area (Å²) in [6, 6.07) is 15.4. The summed E-state index contributed by atoms with van der Waals surface area (Å²) in [6.45, 7) is 5.00. The van der Waals surface area contributed by atoms with Gasteiger partial charge in [-0.1, -0.05) is 48.2 Å². The predicted molar refractivity (Wildman–Crippen MR) is 122 cm³/mol. The molecule has 0 aliphatic carbocycles. The summed E-state index contributed by atoms with van der Waals surface area (Å²) >= 11 is 1.36. The lowest BCUT2D eigenvalue weighted by atomic mass is 10.2. The molecule has 3 rings (SSSR count). The summed E-state index contributed by atoms with van der Waals surface area (Å²) < 4.78 is 5.13. The molecule has 0 aromatic heterocycles. The maximum absolute atomic E-state index is 13.0. The molecule has 1 aliphatic rings.